The molecule has 92 valence electrons. The SMILES string of the molecule is O=C(CNCC1CC1)Nc1ccc(Cl)c(Br)c1. The number of amides is 1. The molecule has 1 aliphatic rings. The number of nitrogens with one attached hydrogen (secondary N) is 2. The Morgan fingerprint density at radius 3 is 2.88 bits per heavy atom. The zero-order valence-corrected chi connectivity index (χ0v) is 11.6. The van der Waals surface area contributed by atoms with Gasteiger partial charge in [0.05, 0.1) is 11.6 Å². The summed E-state index contributed by atoms with van der Waals surface area (Å²) in [7, 11) is 0. The molecule has 2 rings (SSSR count). The van der Waals surface area contributed by atoms with E-state index in [0.717, 1.165) is 22.6 Å². The first-order valence-electron chi connectivity index (χ1n) is 5.61. The summed E-state index contributed by atoms with van der Waals surface area (Å²) in [6, 6.07) is 5.33. The smallest absolute Gasteiger partial charge is 0.238 e. The number of halogens is 2. The highest BCUT2D eigenvalue weighted by molar-refractivity contribution is 9.10. The maximum absolute atomic E-state index is 11.6. The second-order valence-electron chi connectivity index (χ2n) is 4.25. The van der Waals surface area contributed by atoms with Gasteiger partial charge in [-0.1, -0.05) is 11.6 Å². The van der Waals surface area contributed by atoms with Gasteiger partial charge in [0.2, 0.25) is 5.91 Å². The molecule has 2 N–H and O–H groups in total. The monoisotopic (exact) mass is 316 g/mol. The summed E-state index contributed by atoms with van der Waals surface area (Å²) < 4.78 is 0.780. The fourth-order valence-electron chi connectivity index (χ4n) is 1.49. The second-order valence-corrected chi connectivity index (χ2v) is 5.51. The molecule has 1 fully saturated rings. The van der Waals surface area contributed by atoms with Gasteiger partial charge in [-0.15, -0.1) is 0 Å². The Hall–Kier alpha value is -0.580. The Balaban J connectivity index is 1.77. The van der Waals surface area contributed by atoms with Crippen LogP contribution in [-0.2, 0) is 4.79 Å². The van der Waals surface area contributed by atoms with Crippen molar-refractivity contribution >= 4 is 39.1 Å². The summed E-state index contributed by atoms with van der Waals surface area (Å²) in [4.78, 5) is 11.6. The molecule has 3 nitrogen and oxygen atoms in total. The zero-order chi connectivity index (χ0) is 12.3. The molecule has 0 bridgehead atoms. The van der Waals surface area contributed by atoms with Crippen molar-refractivity contribution in [1.29, 1.82) is 0 Å². The van der Waals surface area contributed by atoms with Crippen LogP contribution in [0.15, 0.2) is 22.7 Å². The lowest BCUT2D eigenvalue weighted by Crippen LogP contribution is -2.29. The van der Waals surface area contributed by atoms with Crippen LogP contribution < -0.4 is 10.6 Å². The van der Waals surface area contributed by atoms with Crippen LogP contribution in [0.25, 0.3) is 0 Å². The van der Waals surface area contributed by atoms with Gasteiger partial charge in [0.25, 0.3) is 0 Å². The van der Waals surface area contributed by atoms with E-state index in [1.54, 1.807) is 18.2 Å². The molecule has 1 aliphatic carbocycles. The molecule has 0 atom stereocenters. The minimum atomic E-state index is -0.0279. The average Bonchev–Trinajstić information content (AvgIpc) is 3.07. The first kappa shape index (κ1) is 12.9. The summed E-state index contributed by atoms with van der Waals surface area (Å²) >= 11 is 9.19. The van der Waals surface area contributed by atoms with Gasteiger partial charge in [-0.05, 0) is 59.4 Å². The van der Waals surface area contributed by atoms with E-state index in [1.165, 1.54) is 12.8 Å². The lowest BCUT2D eigenvalue weighted by Gasteiger charge is -2.07. The number of hydrogen-bond donors (Lipinski definition) is 2. The summed E-state index contributed by atoms with van der Waals surface area (Å²) in [6.07, 6.45) is 2.58. The molecule has 1 aromatic carbocycles. The normalized spacial score (nSPS) is 14.7. The fraction of sp³-hybridized carbons (Fsp3) is 0.417. The lowest BCUT2D eigenvalue weighted by molar-refractivity contribution is -0.115. The Morgan fingerprint density at radius 2 is 2.24 bits per heavy atom. The third-order valence-electron chi connectivity index (χ3n) is 2.62. The molecule has 1 amide bonds. The lowest BCUT2D eigenvalue weighted by atomic mass is 10.3. The van der Waals surface area contributed by atoms with Crippen LogP contribution in [0.5, 0.6) is 0 Å². The van der Waals surface area contributed by atoms with Crippen LogP contribution in [0.2, 0.25) is 5.02 Å². The van der Waals surface area contributed by atoms with Crippen molar-refractivity contribution in [3.05, 3.63) is 27.7 Å². The number of hydrogen-bond acceptors (Lipinski definition) is 2. The highest BCUT2D eigenvalue weighted by Crippen LogP contribution is 2.27. The first-order valence-corrected chi connectivity index (χ1v) is 6.78. The Kier molecular flexibility index (Phi) is 4.42. The first-order chi connectivity index (χ1) is 8.15. The van der Waals surface area contributed by atoms with Crippen LogP contribution in [0.3, 0.4) is 0 Å². The fourth-order valence-corrected chi connectivity index (χ4v) is 1.99. The van der Waals surface area contributed by atoms with Crippen molar-refractivity contribution < 1.29 is 4.79 Å². The average molecular weight is 318 g/mol. The topological polar surface area (TPSA) is 41.1 Å². The predicted octanol–water partition coefficient (Wildman–Crippen LogP) is 3.04. The standard InChI is InChI=1S/C12H14BrClN2O/c13-10-5-9(3-4-11(10)14)16-12(17)7-15-6-8-1-2-8/h3-5,8,15H,1-2,6-7H2,(H,16,17). The number of benzene rings is 1. The van der Waals surface area contributed by atoms with Crippen molar-refractivity contribution in [2.24, 2.45) is 5.92 Å². The molecule has 5 heteroatoms. The van der Waals surface area contributed by atoms with E-state index < -0.39 is 0 Å². The van der Waals surface area contributed by atoms with Crippen molar-refractivity contribution in [2.75, 3.05) is 18.4 Å². The predicted molar refractivity (Wildman–Crippen MR) is 73.4 cm³/mol. The Morgan fingerprint density at radius 1 is 1.47 bits per heavy atom. The van der Waals surface area contributed by atoms with E-state index in [0.29, 0.717) is 11.6 Å². The van der Waals surface area contributed by atoms with Gasteiger partial charge in [0, 0.05) is 10.2 Å². The highest BCUT2D eigenvalue weighted by atomic mass is 79.9. The molecule has 17 heavy (non-hydrogen) atoms. The van der Waals surface area contributed by atoms with Crippen LogP contribution >= 0.6 is 27.5 Å². The molecule has 0 heterocycles. The minimum Gasteiger partial charge on any atom is -0.325 e. The third-order valence-corrected chi connectivity index (χ3v) is 3.83. The largest absolute Gasteiger partial charge is 0.325 e. The highest BCUT2D eigenvalue weighted by Gasteiger charge is 2.20. The molecule has 0 unspecified atom stereocenters. The van der Waals surface area contributed by atoms with Crippen LogP contribution in [0.1, 0.15) is 12.8 Å². The molecule has 0 radical (unpaired) electrons. The van der Waals surface area contributed by atoms with Gasteiger partial charge in [-0.3, -0.25) is 4.79 Å². The second kappa shape index (κ2) is 5.85. The zero-order valence-electron chi connectivity index (χ0n) is 9.30. The number of anilines is 1. The molecule has 1 saturated carbocycles. The van der Waals surface area contributed by atoms with Gasteiger partial charge in [0.1, 0.15) is 0 Å². The van der Waals surface area contributed by atoms with Gasteiger partial charge in [-0.2, -0.15) is 0 Å². The van der Waals surface area contributed by atoms with Crippen LogP contribution in [0.4, 0.5) is 5.69 Å². The molecule has 0 aromatic heterocycles. The van der Waals surface area contributed by atoms with Gasteiger partial charge in [-0.25, -0.2) is 0 Å². The van der Waals surface area contributed by atoms with Gasteiger partial charge < -0.3 is 10.6 Å². The molecule has 0 saturated heterocycles. The van der Waals surface area contributed by atoms with E-state index >= 15 is 0 Å². The maximum atomic E-state index is 11.6. The molecule has 0 aliphatic heterocycles. The molecule has 0 spiro atoms. The van der Waals surface area contributed by atoms with E-state index in [-0.39, 0.29) is 5.91 Å². The van der Waals surface area contributed by atoms with Gasteiger partial charge in [0.15, 0.2) is 0 Å². The minimum absolute atomic E-state index is 0.0279. The number of carbonyl (C=O) groups is 1. The van der Waals surface area contributed by atoms with Crippen LogP contribution in [0, 0.1) is 5.92 Å². The Bertz CT molecular complexity index is 421. The summed E-state index contributed by atoms with van der Waals surface area (Å²) in [5, 5.41) is 6.59. The van der Waals surface area contributed by atoms with E-state index in [1.807, 2.05) is 0 Å². The van der Waals surface area contributed by atoms with Crippen molar-refractivity contribution in [1.82, 2.24) is 5.32 Å². The molecular weight excluding hydrogens is 304 g/mol. The quantitative estimate of drug-likeness (QED) is 0.876. The van der Waals surface area contributed by atoms with E-state index in [9.17, 15) is 4.79 Å². The maximum Gasteiger partial charge on any atom is 0.238 e. The number of carbonyl (C=O) groups excluding carboxylic acids is 1. The molecular formula is C12H14BrClN2O. The van der Waals surface area contributed by atoms with E-state index in [2.05, 4.69) is 26.6 Å². The van der Waals surface area contributed by atoms with Crippen molar-refractivity contribution in [3.63, 3.8) is 0 Å². The Labute approximate surface area is 114 Å². The van der Waals surface area contributed by atoms with Crippen molar-refractivity contribution in [3.8, 4) is 0 Å². The molecule has 1 aromatic rings. The summed E-state index contributed by atoms with van der Waals surface area (Å²) in [5.41, 5.74) is 0.750. The summed E-state index contributed by atoms with van der Waals surface area (Å²) in [5.74, 6) is 0.757. The summed E-state index contributed by atoms with van der Waals surface area (Å²) in [6.45, 7) is 1.30. The van der Waals surface area contributed by atoms with Gasteiger partial charge >= 0.3 is 0 Å². The van der Waals surface area contributed by atoms with Crippen LogP contribution in [-0.4, -0.2) is 19.0 Å². The van der Waals surface area contributed by atoms with Crippen molar-refractivity contribution in [2.45, 2.75) is 12.8 Å². The third kappa shape index (κ3) is 4.30. The number of rotatable bonds is 5. The van der Waals surface area contributed by atoms with E-state index in [4.69, 9.17) is 11.6 Å².